The van der Waals surface area contributed by atoms with Crippen molar-refractivity contribution in [3.05, 3.63) is 0 Å². The summed E-state index contributed by atoms with van der Waals surface area (Å²) in [6, 6.07) is 0. The molecule has 1 N–H and O–H groups in total. The smallest absolute Gasteiger partial charge is 0.0431 e. The summed E-state index contributed by atoms with van der Waals surface area (Å²) in [7, 11) is 0. The Labute approximate surface area is 110 Å². The summed E-state index contributed by atoms with van der Waals surface area (Å²) >= 11 is 0. The maximum atomic E-state index is 8.42. The maximum absolute atomic E-state index is 8.42. The predicted octanol–water partition coefficient (Wildman–Crippen LogP) is 2.22. The SMILES string of the molecule is CCCCCCCCO.[O].[Xe]. The van der Waals surface area contributed by atoms with E-state index in [0.29, 0.717) is 6.61 Å². The predicted molar refractivity (Wildman–Crippen MR) is 41.1 cm³/mol. The Morgan fingerprint density at radius 3 is 1.82 bits per heavy atom. The Bertz CT molecular complexity index is 45.4. The van der Waals surface area contributed by atoms with Crippen LogP contribution in [-0.4, -0.2) is 11.7 Å². The van der Waals surface area contributed by atoms with Crippen LogP contribution >= 0.6 is 0 Å². The number of rotatable bonds is 6. The summed E-state index contributed by atoms with van der Waals surface area (Å²) in [5.74, 6) is 0. The fourth-order valence-corrected chi connectivity index (χ4v) is 0.892. The zero-order chi connectivity index (χ0) is 6.95. The molecule has 0 saturated carbocycles. The van der Waals surface area contributed by atoms with E-state index in [1.807, 2.05) is 0 Å². The fraction of sp³-hybridized carbons (Fsp3) is 1.00. The summed E-state index contributed by atoms with van der Waals surface area (Å²) in [6.45, 7) is 2.58. The number of unbranched alkanes of at least 4 members (excludes halogenated alkanes) is 5. The second-order valence-electron chi connectivity index (χ2n) is 2.49. The molecule has 0 heterocycles. The fourth-order valence-electron chi connectivity index (χ4n) is 0.892. The second kappa shape index (κ2) is 17.5. The first-order valence-corrected chi connectivity index (χ1v) is 4.02. The van der Waals surface area contributed by atoms with E-state index in [4.69, 9.17) is 5.11 Å². The summed E-state index contributed by atoms with van der Waals surface area (Å²) in [6.07, 6.45) is 7.50. The molecule has 3 heteroatoms. The molecule has 0 unspecified atom stereocenters. The Hall–Kier alpha value is 1.49. The van der Waals surface area contributed by atoms with Gasteiger partial charge in [-0.15, -0.1) is 0 Å². The van der Waals surface area contributed by atoms with Crippen LogP contribution in [0.25, 0.3) is 0 Å². The van der Waals surface area contributed by atoms with E-state index in [2.05, 4.69) is 6.92 Å². The van der Waals surface area contributed by atoms with E-state index in [-0.39, 0.29) is 54.4 Å². The second-order valence-corrected chi connectivity index (χ2v) is 2.49. The summed E-state index contributed by atoms with van der Waals surface area (Å²) < 4.78 is 0. The first-order valence-electron chi connectivity index (χ1n) is 4.02. The quantitative estimate of drug-likeness (QED) is 0.744. The van der Waals surface area contributed by atoms with Crippen molar-refractivity contribution < 1.29 is 59.5 Å². The van der Waals surface area contributed by atoms with Crippen molar-refractivity contribution in [2.24, 2.45) is 0 Å². The molecule has 0 aromatic rings. The van der Waals surface area contributed by atoms with Crippen LogP contribution in [0.4, 0.5) is 0 Å². The van der Waals surface area contributed by atoms with Gasteiger partial charge in [-0.2, -0.15) is 0 Å². The van der Waals surface area contributed by atoms with Crippen molar-refractivity contribution >= 4 is 0 Å². The first kappa shape index (κ1) is 18.3. The van der Waals surface area contributed by atoms with Crippen molar-refractivity contribution in [1.29, 1.82) is 0 Å². The molecule has 2 radical (unpaired) electrons. The van der Waals surface area contributed by atoms with Gasteiger partial charge in [-0.3, -0.25) is 0 Å². The van der Waals surface area contributed by atoms with Crippen LogP contribution in [-0.2, 0) is 5.48 Å². The van der Waals surface area contributed by atoms with Crippen molar-refractivity contribution in [3.8, 4) is 0 Å². The zero-order valence-electron chi connectivity index (χ0n) is 7.16. The summed E-state index contributed by atoms with van der Waals surface area (Å²) in [5.41, 5.74) is 0. The Morgan fingerprint density at radius 1 is 0.909 bits per heavy atom. The third-order valence-electron chi connectivity index (χ3n) is 1.51. The summed E-state index contributed by atoms with van der Waals surface area (Å²) in [4.78, 5) is 0. The number of hydrogen-bond donors (Lipinski definition) is 1. The number of aliphatic hydroxyl groups is 1. The molecule has 0 aromatic carbocycles. The third kappa shape index (κ3) is 18.4. The van der Waals surface area contributed by atoms with Crippen molar-refractivity contribution in [2.75, 3.05) is 6.61 Å². The molecule has 2 nitrogen and oxygen atoms in total. The van der Waals surface area contributed by atoms with Gasteiger partial charge in [0.25, 0.3) is 0 Å². The van der Waals surface area contributed by atoms with Crippen LogP contribution in [0.2, 0.25) is 0 Å². The van der Waals surface area contributed by atoms with E-state index in [1.165, 1.54) is 32.1 Å². The molecule has 0 aliphatic rings. The van der Waals surface area contributed by atoms with Gasteiger partial charge in [0.15, 0.2) is 0 Å². The standard InChI is InChI=1S/C8H18O.O.Xe/c1-2-3-4-5-6-7-8-9;;/h9H,2-8H2,1H3;;. The molecule has 0 atom stereocenters. The first-order chi connectivity index (χ1) is 4.41. The van der Waals surface area contributed by atoms with Crippen LogP contribution in [0.15, 0.2) is 0 Å². The van der Waals surface area contributed by atoms with Gasteiger partial charge in [0.1, 0.15) is 0 Å². The van der Waals surface area contributed by atoms with E-state index in [1.54, 1.807) is 0 Å². The van der Waals surface area contributed by atoms with E-state index in [0.717, 1.165) is 6.42 Å². The van der Waals surface area contributed by atoms with Gasteiger partial charge in [-0.25, -0.2) is 0 Å². The van der Waals surface area contributed by atoms with Gasteiger partial charge in [-0.1, -0.05) is 39.0 Å². The average Bonchev–Trinajstić information content (AvgIpc) is 1.89. The van der Waals surface area contributed by atoms with Gasteiger partial charge in [0, 0.05) is 61.0 Å². The molecule has 0 spiro atoms. The van der Waals surface area contributed by atoms with E-state index >= 15 is 0 Å². The molecule has 0 saturated heterocycles. The van der Waals surface area contributed by atoms with Crippen LogP contribution in [0, 0.1) is 48.9 Å². The van der Waals surface area contributed by atoms with E-state index in [9.17, 15) is 0 Å². The molecule has 0 fully saturated rings. The van der Waals surface area contributed by atoms with Gasteiger partial charge < -0.3 is 5.11 Å². The van der Waals surface area contributed by atoms with Crippen LogP contribution in [0.1, 0.15) is 45.4 Å². The normalized spacial score (nSPS) is 8.18. The minimum Gasteiger partial charge on any atom is -0.396 e. The molecule has 11 heavy (non-hydrogen) atoms. The van der Waals surface area contributed by atoms with Crippen molar-refractivity contribution in [2.45, 2.75) is 45.4 Å². The molecule has 0 bridgehead atoms. The van der Waals surface area contributed by atoms with Crippen LogP contribution in [0.5, 0.6) is 0 Å². The molecular weight excluding hydrogens is 259 g/mol. The Balaban J connectivity index is -0.000000320. The monoisotopic (exact) mass is 278 g/mol. The van der Waals surface area contributed by atoms with Crippen molar-refractivity contribution in [1.82, 2.24) is 0 Å². The van der Waals surface area contributed by atoms with Gasteiger partial charge in [0.05, 0.1) is 0 Å². The van der Waals surface area contributed by atoms with Crippen LogP contribution in [0.3, 0.4) is 0 Å². The number of aliphatic hydroxyl groups excluding tert-OH is 1. The third-order valence-corrected chi connectivity index (χ3v) is 1.51. The minimum atomic E-state index is 0. The molecule has 0 aliphatic carbocycles. The average molecular weight is 278 g/mol. The number of hydrogen-bond acceptors (Lipinski definition) is 1. The summed E-state index contributed by atoms with van der Waals surface area (Å²) in [5, 5.41) is 8.42. The zero-order valence-corrected chi connectivity index (χ0v) is 9.18. The molecule has 0 aliphatic heterocycles. The molecular formula is C8H18O2Xe. The Kier molecular flexibility index (Phi) is 29.2. The molecule has 0 amide bonds. The maximum Gasteiger partial charge on any atom is 0.0431 e. The largest absolute Gasteiger partial charge is 0.396 e. The van der Waals surface area contributed by atoms with Gasteiger partial charge >= 0.3 is 0 Å². The van der Waals surface area contributed by atoms with E-state index < -0.39 is 0 Å². The van der Waals surface area contributed by atoms with Crippen molar-refractivity contribution in [3.63, 3.8) is 0 Å². The van der Waals surface area contributed by atoms with Gasteiger partial charge in [0.2, 0.25) is 0 Å². The molecule has 70 valence electrons. The van der Waals surface area contributed by atoms with Crippen LogP contribution < -0.4 is 0 Å². The topological polar surface area (TPSA) is 48.7 Å². The molecule has 0 rings (SSSR count). The minimum absolute atomic E-state index is 0. The van der Waals surface area contributed by atoms with Gasteiger partial charge in [-0.05, 0) is 6.42 Å². The molecule has 0 aromatic heterocycles. The Morgan fingerprint density at radius 2 is 1.36 bits per heavy atom.